The zero-order chi connectivity index (χ0) is 12.3. The Morgan fingerprint density at radius 2 is 2.41 bits per heavy atom. The van der Waals surface area contributed by atoms with Crippen LogP contribution in [-0.4, -0.2) is 27.3 Å². The van der Waals surface area contributed by atoms with Crippen molar-refractivity contribution in [3.05, 3.63) is 11.9 Å². The Morgan fingerprint density at radius 1 is 1.59 bits per heavy atom. The minimum Gasteiger partial charge on any atom is -0.329 e. The third-order valence-electron chi connectivity index (χ3n) is 3.46. The maximum absolute atomic E-state index is 12.2. The second-order valence-corrected chi connectivity index (χ2v) is 4.99. The fourth-order valence-corrected chi connectivity index (χ4v) is 2.53. The molecule has 0 bridgehead atoms. The molecule has 5 nitrogen and oxygen atoms in total. The van der Waals surface area contributed by atoms with Crippen molar-refractivity contribution >= 4 is 5.78 Å². The molecule has 0 radical (unpaired) electrons. The average molecular weight is 236 g/mol. The molecule has 1 aromatic rings. The summed E-state index contributed by atoms with van der Waals surface area (Å²) in [6.07, 6.45) is 6.09. The van der Waals surface area contributed by atoms with Gasteiger partial charge in [0, 0.05) is 12.5 Å². The molecule has 2 N–H and O–H groups in total. The molecule has 1 aromatic heterocycles. The lowest BCUT2D eigenvalue weighted by atomic mass is 9.80. The zero-order valence-electron chi connectivity index (χ0n) is 10.3. The van der Waals surface area contributed by atoms with E-state index in [0.717, 1.165) is 19.3 Å². The van der Waals surface area contributed by atoms with Gasteiger partial charge < -0.3 is 5.73 Å². The molecule has 0 aromatic carbocycles. The molecule has 0 spiro atoms. The van der Waals surface area contributed by atoms with Gasteiger partial charge in [-0.05, 0) is 18.8 Å². The van der Waals surface area contributed by atoms with E-state index in [0.29, 0.717) is 24.7 Å². The minimum absolute atomic E-state index is 0.141. The normalized spacial score (nSPS) is 24.8. The number of nitrogens with zero attached hydrogens (tertiary/aromatic N) is 3. The van der Waals surface area contributed by atoms with Crippen molar-refractivity contribution in [3.8, 4) is 0 Å². The Hall–Kier alpha value is -1.23. The molecule has 2 atom stereocenters. The maximum atomic E-state index is 12.2. The summed E-state index contributed by atoms with van der Waals surface area (Å²) < 4.78 is 1.64. The molecule has 2 rings (SSSR count). The van der Waals surface area contributed by atoms with Gasteiger partial charge in [0.05, 0.1) is 12.7 Å². The monoisotopic (exact) mass is 236 g/mol. The summed E-state index contributed by atoms with van der Waals surface area (Å²) >= 11 is 0. The second kappa shape index (κ2) is 5.40. The number of nitrogens with two attached hydrogens (primary N) is 1. The Kier molecular flexibility index (Phi) is 3.89. The highest BCUT2D eigenvalue weighted by Gasteiger charge is 2.27. The van der Waals surface area contributed by atoms with Crippen molar-refractivity contribution in [3.63, 3.8) is 0 Å². The summed E-state index contributed by atoms with van der Waals surface area (Å²) in [5.41, 5.74) is 5.93. The van der Waals surface area contributed by atoms with E-state index in [-0.39, 0.29) is 11.7 Å². The SMILES string of the molecule is CC1CCCC(C(=O)c2cn(CCN)nn2)C1. The van der Waals surface area contributed by atoms with E-state index in [9.17, 15) is 4.79 Å². The van der Waals surface area contributed by atoms with Crippen LogP contribution in [0.4, 0.5) is 0 Å². The second-order valence-electron chi connectivity index (χ2n) is 4.99. The lowest BCUT2D eigenvalue weighted by molar-refractivity contribution is 0.0863. The number of Topliss-reactive ketones (excluding diaryl/α,β-unsaturated/α-hetero) is 1. The summed E-state index contributed by atoms with van der Waals surface area (Å²) in [5, 5.41) is 7.85. The van der Waals surface area contributed by atoms with Crippen molar-refractivity contribution in [2.24, 2.45) is 17.6 Å². The Bertz CT molecular complexity index is 388. The van der Waals surface area contributed by atoms with Gasteiger partial charge in [-0.1, -0.05) is 25.0 Å². The molecule has 1 saturated carbocycles. The van der Waals surface area contributed by atoms with Crippen LogP contribution in [0.15, 0.2) is 6.20 Å². The van der Waals surface area contributed by atoms with Crippen LogP contribution >= 0.6 is 0 Å². The maximum Gasteiger partial charge on any atom is 0.187 e. The van der Waals surface area contributed by atoms with Crippen LogP contribution in [0.1, 0.15) is 43.1 Å². The highest BCUT2D eigenvalue weighted by molar-refractivity contribution is 5.95. The third kappa shape index (κ3) is 2.91. The highest BCUT2D eigenvalue weighted by atomic mass is 16.1. The molecule has 94 valence electrons. The van der Waals surface area contributed by atoms with Gasteiger partial charge in [0.25, 0.3) is 0 Å². The highest BCUT2D eigenvalue weighted by Crippen LogP contribution is 2.30. The van der Waals surface area contributed by atoms with E-state index in [1.165, 1.54) is 6.42 Å². The first-order chi connectivity index (χ1) is 8.20. The molecule has 1 fully saturated rings. The molecule has 2 unspecified atom stereocenters. The summed E-state index contributed by atoms with van der Waals surface area (Å²) in [6.45, 7) is 3.34. The molecular formula is C12H20N4O. The number of rotatable bonds is 4. The van der Waals surface area contributed by atoms with E-state index in [4.69, 9.17) is 5.73 Å². The van der Waals surface area contributed by atoms with Gasteiger partial charge in [-0.3, -0.25) is 9.48 Å². The lowest BCUT2D eigenvalue weighted by Crippen LogP contribution is -2.22. The van der Waals surface area contributed by atoms with Crippen LogP contribution in [0.25, 0.3) is 0 Å². The van der Waals surface area contributed by atoms with Gasteiger partial charge in [0.2, 0.25) is 0 Å². The molecule has 17 heavy (non-hydrogen) atoms. The summed E-state index contributed by atoms with van der Waals surface area (Å²) in [4.78, 5) is 12.2. The van der Waals surface area contributed by atoms with Crippen molar-refractivity contribution in [2.75, 3.05) is 6.54 Å². The van der Waals surface area contributed by atoms with Gasteiger partial charge >= 0.3 is 0 Å². The molecule has 0 aliphatic heterocycles. The smallest absolute Gasteiger partial charge is 0.187 e. The number of hydrogen-bond acceptors (Lipinski definition) is 4. The largest absolute Gasteiger partial charge is 0.329 e. The van der Waals surface area contributed by atoms with Crippen LogP contribution in [-0.2, 0) is 6.54 Å². The summed E-state index contributed by atoms with van der Waals surface area (Å²) in [7, 11) is 0. The van der Waals surface area contributed by atoms with Gasteiger partial charge in [0.15, 0.2) is 5.78 Å². The quantitative estimate of drug-likeness (QED) is 0.798. The molecule has 1 aliphatic carbocycles. The minimum atomic E-state index is 0.141. The number of ketones is 1. The van der Waals surface area contributed by atoms with Crippen molar-refractivity contribution in [1.29, 1.82) is 0 Å². The zero-order valence-corrected chi connectivity index (χ0v) is 10.3. The fraction of sp³-hybridized carbons (Fsp3) is 0.750. The topological polar surface area (TPSA) is 73.8 Å². The first-order valence-electron chi connectivity index (χ1n) is 6.35. The number of carbonyl (C=O) groups excluding carboxylic acids is 1. The molecule has 5 heteroatoms. The van der Waals surface area contributed by atoms with Crippen LogP contribution in [0.3, 0.4) is 0 Å². The van der Waals surface area contributed by atoms with Gasteiger partial charge in [0.1, 0.15) is 5.69 Å². The third-order valence-corrected chi connectivity index (χ3v) is 3.46. The number of carbonyl (C=O) groups is 1. The predicted molar refractivity (Wildman–Crippen MR) is 64.5 cm³/mol. The van der Waals surface area contributed by atoms with Gasteiger partial charge in [-0.25, -0.2) is 0 Å². The van der Waals surface area contributed by atoms with Gasteiger partial charge in [-0.2, -0.15) is 0 Å². The standard InChI is InChI=1S/C12H20N4O/c1-9-3-2-4-10(7-9)12(17)11-8-16(6-5-13)15-14-11/h8-10H,2-7,13H2,1H3. The van der Waals surface area contributed by atoms with Crippen LogP contribution in [0.2, 0.25) is 0 Å². The van der Waals surface area contributed by atoms with E-state index in [1.54, 1.807) is 10.9 Å². The number of hydrogen-bond donors (Lipinski definition) is 1. The Balaban J connectivity index is 2.02. The summed E-state index contributed by atoms with van der Waals surface area (Å²) in [6, 6.07) is 0. The molecular weight excluding hydrogens is 216 g/mol. The van der Waals surface area contributed by atoms with E-state index < -0.39 is 0 Å². The molecule has 1 heterocycles. The Labute approximate surface area is 101 Å². The lowest BCUT2D eigenvalue weighted by Gasteiger charge is -2.24. The van der Waals surface area contributed by atoms with E-state index in [2.05, 4.69) is 17.2 Å². The van der Waals surface area contributed by atoms with E-state index >= 15 is 0 Å². The molecule has 1 aliphatic rings. The molecule has 0 saturated heterocycles. The average Bonchev–Trinajstić information content (AvgIpc) is 2.77. The number of aromatic nitrogens is 3. The van der Waals surface area contributed by atoms with Crippen molar-refractivity contribution < 1.29 is 4.79 Å². The van der Waals surface area contributed by atoms with Crippen molar-refractivity contribution in [1.82, 2.24) is 15.0 Å². The van der Waals surface area contributed by atoms with Gasteiger partial charge in [-0.15, -0.1) is 5.10 Å². The van der Waals surface area contributed by atoms with E-state index in [1.807, 2.05) is 0 Å². The van der Waals surface area contributed by atoms with Crippen LogP contribution < -0.4 is 5.73 Å². The fourth-order valence-electron chi connectivity index (χ4n) is 2.53. The predicted octanol–water partition coefficient (Wildman–Crippen LogP) is 1.25. The molecule has 0 amide bonds. The van der Waals surface area contributed by atoms with Crippen molar-refractivity contribution in [2.45, 2.75) is 39.2 Å². The van der Waals surface area contributed by atoms with Crippen LogP contribution in [0, 0.1) is 11.8 Å². The Morgan fingerprint density at radius 3 is 3.12 bits per heavy atom. The van der Waals surface area contributed by atoms with Crippen LogP contribution in [0.5, 0.6) is 0 Å². The summed E-state index contributed by atoms with van der Waals surface area (Å²) in [5.74, 6) is 0.943. The first kappa shape index (κ1) is 12.2. The first-order valence-corrected chi connectivity index (χ1v) is 6.35.